The number of alkyl halides is 3. The number of carbonyl (C=O) groups excluding carboxylic acids is 1. The molecule has 2 N–H and O–H groups in total. The van der Waals surface area contributed by atoms with E-state index in [4.69, 9.17) is 0 Å². The Bertz CT molecular complexity index is 761. The standard InChI is InChI=1S/C19H21F3N4O2/c20-19(21,22)28-17-5-3-15(4-6-17)24-18(27)25-16-7-10-26(11-8-16)13-14-2-1-9-23-12-14/h1-6,9,12,16H,7-8,10-11,13H2,(H2,24,25,27). The van der Waals surface area contributed by atoms with Crippen molar-refractivity contribution >= 4 is 11.7 Å². The number of benzene rings is 1. The van der Waals surface area contributed by atoms with Crippen molar-refractivity contribution < 1.29 is 22.7 Å². The van der Waals surface area contributed by atoms with Crippen LogP contribution in [-0.4, -0.2) is 41.4 Å². The van der Waals surface area contributed by atoms with E-state index in [0.717, 1.165) is 50.2 Å². The highest BCUT2D eigenvalue weighted by atomic mass is 19.4. The molecule has 28 heavy (non-hydrogen) atoms. The Balaban J connectivity index is 1.41. The molecule has 6 nitrogen and oxygen atoms in total. The van der Waals surface area contributed by atoms with Gasteiger partial charge in [-0.05, 0) is 48.7 Å². The maximum Gasteiger partial charge on any atom is 0.573 e. The number of anilines is 1. The summed E-state index contributed by atoms with van der Waals surface area (Å²) in [5, 5.41) is 5.53. The molecule has 1 aliphatic heterocycles. The predicted molar refractivity (Wildman–Crippen MR) is 97.8 cm³/mol. The summed E-state index contributed by atoms with van der Waals surface area (Å²) in [6, 6.07) is 8.65. The fourth-order valence-corrected chi connectivity index (χ4v) is 3.08. The van der Waals surface area contributed by atoms with Gasteiger partial charge in [0.2, 0.25) is 0 Å². The molecule has 9 heteroatoms. The summed E-state index contributed by atoms with van der Waals surface area (Å²) in [6.07, 6.45) is 0.508. The minimum absolute atomic E-state index is 0.0537. The average Bonchev–Trinajstić information content (AvgIpc) is 2.65. The third kappa shape index (κ3) is 6.41. The van der Waals surface area contributed by atoms with Gasteiger partial charge in [-0.2, -0.15) is 0 Å². The first kappa shape index (κ1) is 19.9. The van der Waals surface area contributed by atoms with Gasteiger partial charge < -0.3 is 15.4 Å². The molecule has 3 rings (SSSR count). The molecule has 1 aromatic heterocycles. The number of nitrogens with zero attached hydrogens (tertiary/aromatic N) is 2. The normalized spacial score (nSPS) is 15.8. The fraction of sp³-hybridized carbons (Fsp3) is 0.368. The van der Waals surface area contributed by atoms with Crippen LogP contribution in [0.1, 0.15) is 18.4 Å². The Labute approximate surface area is 160 Å². The van der Waals surface area contributed by atoms with E-state index in [0.29, 0.717) is 5.69 Å². The molecular formula is C19H21F3N4O2. The minimum Gasteiger partial charge on any atom is -0.406 e. The molecule has 0 unspecified atom stereocenters. The number of likely N-dealkylation sites (tertiary alicyclic amines) is 1. The number of ether oxygens (including phenoxy) is 1. The summed E-state index contributed by atoms with van der Waals surface area (Å²) in [4.78, 5) is 18.5. The van der Waals surface area contributed by atoms with E-state index in [9.17, 15) is 18.0 Å². The van der Waals surface area contributed by atoms with Crippen LogP contribution in [0.3, 0.4) is 0 Å². The Hall–Kier alpha value is -2.81. The van der Waals surface area contributed by atoms with Crippen molar-refractivity contribution in [1.29, 1.82) is 0 Å². The van der Waals surface area contributed by atoms with Crippen LogP contribution in [0.2, 0.25) is 0 Å². The van der Waals surface area contributed by atoms with Gasteiger partial charge in [-0.15, -0.1) is 13.2 Å². The summed E-state index contributed by atoms with van der Waals surface area (Å²) >= 11 is 0. The second kappa shape index (κ2) is 8.92. The van der Waals surface area contributed by atoms with E-state index >= 15 is 0 Å². The number of amides is 2. The van der Waals surface area contributed by atoms with Gasteiger partial charge in [-0.25, -0.2) is 4.79 Å². The van der Waals surface area contributed by atoms with Crippen molar-refractivity contribution in [2.24, 2.45) is 0 Å². The molecule has 0 atom stereocenters. The SMILES string of the molecule is O=C(Nc1ccc(OC(F)(F)F)cc1)NC1CCN(Cc2cccnc2)CC1. The van der Waals surface area contributed by atoms with E-state index in [-0.39, 0.29) is 17.8 Å². The zero-order chi connectivity index (χ0) is 20.0. The lowest BCUT2D eigenvalue weighted by Gasteiger charge is -2.32. The van der Waals surface area contributed by atoms with Crippen LogP contribution >= 0.6 is 0 Å². The molecule has 1 aromatic carbocycles. The summed E-state index contributed by atoms with van der Waals surface area (Å²) in [5.74, 6) is -0.334. The first-order chi connectivity index (χ1) is 13.4. The van der Waals surface area contributed by atoms with E-state index < -0.39 is 6.36 Å². The van der Waals surface area contributed by atoms with Crippen LogP contribution in [-0.2, 0) is 6.54 Å². The van der Waals surface area contributed by atoms with Gasteiger partial charge in [0.1, 0.15) is 5.75 Å². The van der Waals surface area contributed by atoms with E-state index in [1.54, 1.807) is 6.20 Å². The number of halogens is 3. The molecule has 1 aliphatic rings. The predicted octanol–water partition coefficient (Wildman–Crippen LogP) is 3.77. The zero-order valence-electron chi connectivity index (χ0n) is 15.1. The van der Waals surface area contributed by atoms with Gasteiger partial charge >= 0.3 is 12.4 Å². The molecule has 150 valence electrons. The first-order valence-corrected chi connectivity index (χ1v) is 8.92. The van der Waals surface area contributed by atoms with Crippen molar-refractivity contribution in [2.75, 3.05) is 18.4 Å². The average molecular weight is 394 g/mol. The molecule has 0 bridgehead atoms. The third-order valence-corrected chi connectivity index (χ3v) is 4.40. The number of rotatable bonds is 5. The van der Waals surface area contributed by atoms with Crippen molar-refractivity contribution in [3.63, 3.8) is 0 Å². The largest absolute Gasteiger partial charge is 0.573 e. The number of nitrogens with one attached hydrogen (secondary N) is 2. The van der Waals surface area contributed by atoms with Gasteiger partial charge in [0.25, 0.3) is 0 Å². The Morgan fingerprint density at radius 3 is 2.50 bits per heavy atom. The fourth-order valence-electron chi connectivity index (χ4n) is 3.08. The van der Waals surface area contributed by atoms with Crippen LogP contribution in [0, 0.1) is 0 Å². The number of carbonyl (C=O) groups is 1. The lowest BCUT2D eigenvalue weighted by Crippen LogP contribution is -2.45. The summed E-state index contributed by atoms with van der Waals surface area (Å²) in [7, 11) is 0. The summed E-state index contributed by atoms with van der Waals surface area (Å²) < 4.78 is 40.3. The van der Waals surface area contributed by atoms with Crippen molar-refractivity contribution in [1.82, 2.24) is 15.2 Å². The maximum absolute atomic E-state index is 12.2. The molecule has 1 fully saturated rings. The second-order valence-electron chi connectivity index (χ2n) is 6.58. The highest BCUT2D eigenvalue weighted by Gasteiger charge is 2.31. The number of hydrogen-bond acceptors (Lipinski definition) is 4. The smallest absolute Gasteiger partial charge is 0.406 e. The van der Waals surface area contributed by atoms with Crippen LogP contribution < -0.4 is 15.4 Å². The van der Waals surface area contributed by atoms with Crippen LogP contribution in [0.5, 0.6) is 5.75 Å². The Morgan fingerprint density at radius 2 is 1.89 bits per heavy atom. The summed E-state index contributed by atoms with van der Waals surface area (Å²) in [5.41, 5.74) is 1.55. The van der Waals surface area contributed by atoms with E-state index in [1.165, 1.54) is 12.1 Å². The van der Waals surface area contributed by atoms with Gasteiger partial charge in [-0.3, -0.25) is 9.88 Å². The number of pyridine rings is 1. The number of hydrogen-bond donors (Lipinski definition) is 2. The molecule has 0 radical (unpaired) electrons. The summed E-state index contributed by atoms with van der Waals surface area (Å²) in [6.45, 7) is 2.56. The van der Waals surface area contributed by atoms with Gasteiger partial charge in [-0.1, -0.05) is 6.07 Å². The molecule has 1 saturated heterocycles. The van der Waals surface area contributed by atoms with Gasteiger partial charge in [0.05, 0.1) is 0 Å². The molecule has 0 aliphatic carbocycles. The minimum atomic E-state index is -4.74. The maximum atomic E-state index is 12.2. The molecule has 2 amide bonds. The van der Waals surface area contributed by atoms with E-state index in [2.05, 4.69) is 25.3 Å². The first-order valence-electron chi connectivity index (χ1n) is 8.92. The highest BCUT2D eigenvalue weighted by molar-refractivity contribution is 5.89. The third-order valence-electron chi connectivity index (χ3n) is 4.40. The molecular weight excluding hydrogens is 373 g/mol. The highest BCUT2D eigenvalue weighted by Crippen LogP contribution is 2.24. The van der Waals surface area contributed by atoms with Crippen molar-refractivity contribution in [2.45, 2.75) is 31.8 Å². The molecule has 0 spiro atoms. The zero-order valence-corrected chi connectivity index (χ0v) is 15.1. The molecule has 0 saturated carbocycles. The van der Waals surface area contributed by atoms with Gasteiger partial charge in [0, 0.05) is 43.8 Å². The van der Waals surface area contributed by atoms with Crippen molar-refractivity contribution in [3.8, 4) is 5.75 Å². The number of piperidine rings is 1. The topological polar surface area (TPSA) is 66.5 Å². The van der Waals surface area contributed by atoms with Crippen LogP contribution in [0.15, 0.2) is 48.8 Å². The Kier molecular flexibility index (Phi) is 6.35. The number of urea groups is 1. The monoisotopic (exact) mass is 394 g/mol. The quantitative estimate of drug-likeness (QED) is 0.810. The molecule has 2 heterocycles. The van der Waals surface area contributed by atoms with E-state index in [1.807, 2.05) is 18.3 Å². The lowest BCUT2D eigenvalue weighted by atomic mass is 10.0. The Morgan fingerprint density at radius 1 is 1.18 bits per heavy atom. The second-order valence-corrected chi connectivity index (χ2v) is 6.58. The van der Waals surface area contributed by atoms with Crippen LogP contribution in [0.25, 0.3) is 0 Å². The molecule has 2 aromatic rings. The van der Waals surface area contributed by atoms with Gasteiger partial charge in [0.15, 0.2) is 0 Å². The van der Waals surface area contributed by atoms with Crippen LogP contribution in [0.4, 0.5) is 23.7 Å². The number of aromatic nitrogens is 1. The lowest BCUT2D eigenvalue weighted by molar-refractivity contribution is -0.274. The van der Waals surface area contributed by atoms with Crippen molar-refractivity contribution in [3.05, 3.63) is 54.4 Å².